The summed E-state index contributed by atoms with van der Waals surface area (Å²) in [4.78, 5) is 22.7. The molecule has 0 bridgehead atoms. The van der Waals surface area contributed by atoms with E-state index in [1.807, 2.05) is 0 Å². The van der Waals surface area contributed by atoms with Crippen molar-refractivity contribution < 1.29 is 9.53 Å². The molecule has 2 aliphatic rings. The predicted molar refractivity (Wildman–Crippen MR) is 93.7 cm³/mol. The van der Waals surface area contributed by atoms with Crippen LogP contribution in [0.5, 0.6) is 5.75 Å². The molecule has 0 aromatic heterocycles. The Balaban J connectivity index is 1.64. The lowest BCUT2D eigenvalue weighted by Gasteiger charge is -2.36. The Kier molecular flexibility index (Phi) is 5.34. The topological polar surface area (TPSA) is 40.4 Å². The molecule has 1 aromatic rings. The second kappa shape index (κ2) is 7.65. The monoisotopic (exact) mass is 328 g/mol. The van der Waals surface area contributed by atoms with E-state index in [4.69, 9.17) is 11.3 Å². The maximum absolute atomic E-state index is 12.8. The first kappa shape index (κ1) is 16.7. The summed E-state index contributed by atoms with van der Waals surface area (Å²) in [6.45, 7) is 15.9. The van der Waals surface area contributed by atoms with Gasteiger partial charge in [0.1, 0.15) is 12.4 Å². The number of ether oxygens (including phenoxy) is 1. The zero-order valence-corrected chi connectivity index (χ0v) is 14.2. The van der Waals surface area contributed by atoms with Crippen LogP contribution in [0.25, 0.3) is 4.85 Å². The number of hydrogen-bond acceptors (Lipinski definition) is 4. The van der Waals surface area contributed by atoms with Crippen molar-refractivity contribution in [2.45, 2.75) is 13.3 Å². The van der Waals surface area contributed by atoms with Crippen molar-refractivity contribution in [2.75, 3.05) is 57.3 Å². The van der Waals surface area contributed by atoms with Gasteiger partial charge in [-0.15, -0.1) is 0 Å². The number of piperazine rings is 1. The van der Waals surface area contributed by atoms with E-state index >= 15 is 0 Å². The molecule has 0 spiro atoms. The molecule has 1 fully saturated rings. The minimum absolute atomic E-state index is 0.0885. The molecule has 1 amide bonds. The highest BCUT2D eigenvalue weighted by Gasteiger charge is 2.26. The molecule has 2 aliphatic heterocycles. The van der Waals surface area contributed by atoms with Crippen LogP contribution in [-0.4, -0.2) is 68.1 Å². The maximum atomic E-state index is 12.8. The first-order chi connectivity index (χ1) is 11.7. The fraction of sp³-hybridized carbons (Fsp3) is 0.556. The lowest BCUT2D eigenvalue weighted by Crippen LogP contribution is -2.51. The summed E-state index contributed by atoms with van der Waals surface area (Å²) in [7, 11) is 0. The summed E-state index contributed by atoms with van der Waals surface area (Å²) >= 11 is 0. The Morgan fingerprint density at radius 2 is 1.96 bits per heavy atom. The van der Waals surface area contributed by atoms with Gasteiger partial charge in [-0.25, -0.2) is 4.85 Å². The van der Waals surface area contributed by atoms with E-state index in [0.29, 0.717) is 31.1 Å². The lowest BCUT2D eigenvalue weighted by molar-refractivity contribution is -0.120. The number of carbonyl (C=O) groups is 1. The Bertz CT molecular complexity index is 632. The van der Waals surface area contributed by atoms with Crippen molar-refractivity contribution in [3.63, 3.8) is 0 Å². The quantitative estimate of drug-likeness (QED) is 0.793. The molecule has 6 heteroatoms. The molecule has 1 saturated heterocycles. The molecular formula is C18H24N4O2. The molecule has 24 heavy (non-hydrogen) atoms. The second-order valence-corrected chi connectivity index (χ2v) is 6.28. The van der Waals surface area contributed by atoms with Gasteiger partial charge in [0.15, 0.2) is 5.69 Å². The highest BCUT2D eigenvalue weighted by Crippen LogP contribution is 2.35. The molecule has 6 nitrogen and oxygen atoms in total. The van der Waals surface area contributed by atoms with Crippen molar-refractivity contribution in [3.8, 4) is 5.75 Å². The largest absolute Gasteiger partial charge is 0.490 e. The molecular weight excluding hydrogens is 304 g/mol. The maximum Gasteiger partial charge on any atom is 0.241 e. The summed E-state index contributed by atoms with van der Waals surface area (Å²) in [5, 5.41) is 0. The van der Waals surface area contributed by atoms with E-state index < -0.39 is 0 Å². The molecule has 0 atom stereocenters. The molecule has 3 rings (SSSR count). The van der Waals surface area contributed by atoms with Gasteiger partial charge in [-0.05, 0) is 25.1 Å². The molecule has 0 saturated carbocycles. The van der Waals surface area contributed by atoms with E-state index in [0.717, 1.165) is 38.4 Å². The minimum atomic E-state index is 0.0885. The number of anilines is 1. The normalized spacial score (nSPS) is 18.6. The smallest absolute Gasteiger partial charge is 0.241 e. The zero-order valence-electron chi connectivity index (χ0n) is 14.2. The Morgan fingerprint density at radius 3 is 2.67 bits per heavy atom. The third-order valence-electron chi connectivity index (χ3n) is 4.60. The summed E-state index contributed by atoms with van der Waals surface area (Å²) < 4.78 is 5.62. The third-order valence-corrected chi connectivity index (χ3v) is 4.60. The van der Waals surface area contributed by atoms with Crippen molar-refractivity contribution in [3.05, 3.63) is 29.6 Å². The van der Waals surface area contributed by atoms with Gasteiger partial charge >= 0.3 is 0 Å². The highest BCUT2D eigenvalue weighted by atomic mass is 16.5. The fourth-order valence-corrected chi connectivity index (χ4v) is 3.30. The minimum Gasteiger partial charge on any atom is -0.490 e. The molecule has 1 aromatic carbocycles. The van der Waals surface area contributed by atoms with Crippen LogP contribution >= 0.6 is 0 Å². The number of fused-ring (bicyclic) bond motifs is 1. The summed E-state index contributed by atoms with van der Waals surface area (Å²) in [6.07, 6.45) is 1.17. The highest BCUT2D eigenvalue weighted by molar-refractivity contribution is 5.97. The van der Waals surface area contributed by atoms with Gasteiger partial charge in [0.2, 0.25) is 5.91 Å². The molecule has 0 radical (unpaired) electrons. The number of benzene rings is 1. The van der Waals surface area contributed by atoms with Gasteiger partial charge in [-0.2, -0.15) is 0 Å². The predicted octanol–water partition coefficient (Wildman–Crippen LogP) is 1.99. The molecule has 2 heterocycles. The van der Waals surface area contributed by atoms with Gasteiger partial charge in [-0.1, -0.05) is 13.0 Å². The average molecular weight is 328 g/mol. The van der Waals surface area contributed by atoms with Crippen molar-refractivity contribution in [1.82, 2.24) is 9.80 Å². The van der Waals surface area contributed by atoms with E-state index in [1.54, 1.807) is 23.1 Å². The van der Waals surface area contributed by atoms with Crippen LogP contribution in [0.3, 0.4) is 0 Å². The van der Waals surface area contributed by atoms with Crippen molar-refractivity contribution in [2.24, 2.45) is 0 Å². The van der Waals surface area contributed by atoms with Gasteiger partial charge in [-0.3, -0.25) is 9.69 Å². The summed E-state index contributed by atoms with van der Waals surface area (Å²) in [5.74, 6) is 0.778. The van der Waals surface area contributed by atoms with Gasteiger partial charge in [0.25, 0.3) is 0 Å². The van der Waals surface area contributed by atoms with Gasteiger partial charge in [0, 0.05) is 26.2 Å². The molecule has 0 N–H and O–H groups in total. The van der Waals surface area contributed by atoms with Crippen molar-refractivity contribution in [1.29, 1.82) is 0 Å². The van der Waals surface area contributed by atoms with E-state index in [-0.39, 0.29) is 5.91 Å². The fourth-order valence-electron chi connectivity index (χ4n) is 3.30. The zero-order chi connectivity index (χ0) is 16.9. The van der Waals surface area contributed by atoms with E-state index in [1.165, 1.54) is 6.42 Å². The van der Waals surface area contributed by atoms with E-state index in [9.17, 15) is 4.79 Å². The van der Waals surface area contributed by atoms with Crippen LogP contribution in [0.1, 0.15) is 13.3 Å². The van der Waals surface area contributed by atoms with Crippen LogP contribution in [0, 0.1) is 6.57 Å². The Hall–Kier alpha value is -2.10. The van der Waals surface area contributed by atoms with Crippen LogP contribution in [0.15, 0.2) is 18.2 Å². The van der Waals surface area contributed by atoms with Crippen LogP contribution < -0.4 is 9.64 Å². The first-order valence-corrected chi connectivity index (χ1v) is 8.60. The van der Waals surface area contributed by atoms with Crippen LogP contribution in [0.4, 0.5) is 11.4 Å². The lowest BCUT2D eigenvalue weighted by atomic mass is 10.2. The average Bonchev–Trinajstić information content (AvgIpc) is 2.62. The molecule has 0 unspecified atom stereocenters. The number of hydrogen-bond donors (Lipinski definition) is 0. The number of nitrogens with zero attached hydrogens (tertiary/aromatic N) is 4. The van der Waals surface area contributed by atoms with Gasteiger partial charge in [0.05, 0.1) is 25.3 Å². The third kappa shape index (κ3) is 3.69. The molecule has 0 aliphatic carbocycles. The Morgan fingerprint density at radius 1 is 1.21 bits per heavy atom. The van der Waals surface area contributed by atoms with Crippen LogP contribution in [-0.2, 0) is 4.79 Å². The first-order valence-electron chi connectivity index (χ1n) is 8.60. The second-order valence-electron chi connectivity index (χ2n) is 6.28. The summed E-state index contributed by atoms with van der Waals surface area (Å²) in [5.41, 5.74) is 1.26. The summed E-state index contributed by atoms with van der Waals surface area (Å²) in [6, 6.07) is 5.26. The van der Waals surface area contributed by atoms with Crippen LogP contribution in [0.2, 0.25) is 0 Å². The number of amides is 1. The SMILES string of the molecule is [C-]#[N+]c1ccc2c(c1)N(C(=O)CN1CCN(CCC)CC1)CCO2. The standard InChI is InChI=1S/C18H24N4O2/c1-3-6-20-7-9-21(10-8-20)14-18(23)22-11-12-24-17-5-4-15(19-2)13-16(17)22/h4-5,13H,3,6-12,14H2,1H3. The van der Waals surface area contributed by atoms with Gasteiger partial charge < -0.3 is 14.5 Å². The number of rotatable bonds is 4. The number of carbonyl (C=O) groups excluding carboxylic acids is 1. The van der Waals surface area contributed by atoms with E-state index in [2.05, 4.69) is 21.6 Å². The Labute approximate surface area is 143 Å². The van der Waals surface area contributed by atoms with Crippen molar-refractivity contribution >= 4 is 17.3 Å². The molecule has 128 valence electrons.